The first-order valence-electron chi connectivity index (χ1n) is 8.77. The Labute approximate surface area is 168 Å². The molecular formula is C19H21FN2O4S2. The molecular weight excluding hydrogens is 403 g/mol. The van der Waals surface area contributed by atoms with E-state index < -0.39 is 10.0 Å². The molecule has 0 atom stereocenters. The number of morpholine rings is 1. The van der Waals surface area contributed by atoms with E-state index in [1.54, 1.807) is 36.4 Å². The smallest absolute Gasteiger partial charge is 0.243 e. The summed E-state index contributed by atoms with van der Waals surface area (Å²) in [7, 11) is -3.52. The SMILES string of the molecule is O=C(CSc1ccc(F)cc1)NCc1ccc(S(=O)(=O)N2CCOCC2)cc1. The van der Waals surface area contributed by atoms with Crippen LogP contribution in [0, 0.1) is 5.82 Å². The second kappa shape index (κ2) is 9.51. The number of halogens is 1. The Hall–Kier alpha value is -1.94. The molecule has 1 amide bonds. The van der Waals surface area contributed by atoms with E-state index in [0.717, 1.165) is 10.5 Å². The highest BCUT2D eigenvalue weighted by Crippen LogP contribution is 2.19. The van der Waals surface area contributed by atoms with Gasteiger partial charge in [-0.3, -0.25) is 4.79 Å². The molecule has 1 N–H and O–H groups in total. The molecule has 0 spiro atoms. The molecule has 0 radical (unpaired) electrons. The van der Waals surface area contributed by atoms with E-state index in [4.69, 9.17) is 4.74 Å². The van der Waals surface area contributed by atoms with E-state index in [0.29, 0.717) is 32.8 Å². The average molecular weight is 425 g/mol. The lowest BCUT2D eigenvalue weighted by molar-refractivity contribution is -0.118. The van der Waals surface area contributed by atoms with Gasteiger partial charge in [0.2, 0.25) is 15.9 Å². The molecule has 1 aliphatic rings. The Balaban J connectivity index is 1.49. The molecule has 2 aromatic rings. The van der Waals surface area contributed by atoms with Gasteiger partial charge in [0.05, 0.1) is 23.9 Å². The second-order valence-electron chi connectivity index (χ2n) is 6.18. The Morgan fingerprint density at radius 3 is 2.36 bits per heavy atom. The van der Waals surface area contributed by atoms with Crippen molar-refractivity contribution in [2.75, 3.05) is 32.1 Å². The van der Waals surface area contributed by atoms with Gasteiger partial charge in [-0.25, -0.2) is 12.8 Å². The zero-order chi connectivity index (χ0) is 20.0. The predicted octanol–water partition coefficient (Wildman–Crippen LogP) is 2.26. The number of carbonyl (C=O) groups is 1. The molecule has 0 unspecified atom stereocenters. The largest absolute Gasteiger partial charge is 0.379 e. The molecule has 1 saturated heterocycles. The third kappa shape index (κ3) is 5.54. The van der Waals surface area contributed by atoms with E-state index in [1.807, 2.05) is 0 Å². The van der Waals surface area contributed by atoms with Crippen LogP contribution in [0.2, 0.25) is 0 Å². The van der Waals surface area contributed by atoms with Crippen molar-refractivity contribution in [2.24, 2.45) is 0 Å². The normalized spacial score (nSPS) is 15.3. The third-order valence-corrected chi connectivity index (χ3v) is 7.13. The molecule has 1 heterocycles. The standard InChI is InChI=1S/C19H21FN2O4S2/c20-16-3-5-17(6-4-16)27-14-19(23)21-13-15-1-7-18(8-2-15)28(24,25)22-9-11-26-12-10-22/h1-8H,9-14H2,(H,21,23). The van der Waals surface area contributed by atoms with Crippen LogP contribution in [0.25, 0.3) is 0 Å². The number of hydrogen-bond donors (Lipinski definition) is 1. The maximum atomic E-state index is 12.9. The van der Waals surface area contributed by atoms with Gasteiger partial charge in [-0.15, -0.1) is 11.8 Å². The monoisotopic (exact) mass is 424 g/mol. The zero-order valence-corrected chi connectivity index (χ0v) is 16.8. The fourth-order valence-electron chi connectivity index (χ4n) is 2.65. The Morgan fingerprint density at radius 1 is 1.07 bits per heavy atom. The first-order valence-corrected chi connectivity index (χ1v) is 11.2. The fraction of sp³-hybridized carbons (Fsp3) is 0.316. The van der Waals surface area contributed by atoms with Crippen molar-refractivity contribution >= 4 is 27.7 Å². The van der Waals surface area contributed by atoms with E-state index in [9.17, 15) is 17.6 Å². The number of benzene rings is 2. The van der Waals surface area contributed by atoms with Gasteiger partial charge in [0.15, 0.2) is 0 Å². The molecule has 0 aliphatic carbocycles. The van der Waals surface area contributed by atoms with Crippen molar-refractivity contribution in [3.63, 3.8) is 0 Å². The number of hydrogen-bond acceptors (Lipinski definition) is 5. The number of nitrogens with zero attached hydrogens (tertiary/aromatic N) is 1. The second-order valence-corrected chi connectivity index (χ2v) is 9.17. The minimum absolute atomic E-state index is 0.153. The number of nitrogens with one attached hydrogen (secondary N) is 1. The Bertz CT molecular complexity index is 897. The van der Waals surface area contributed by atoms with E-state index in [2.05, 4.69) is 5.32 Å². The summed E-state index contributed by atoms with van der Waals surface area (Å²) in [5.74, 6) is -0.248. The highest BCUT2D eigenvalue weighted by molar-refractivity contribution is 8.00. The van der Waals surface area contributed by atoms with Gasteiger partial charge in [0.25, 0.3) is 0 Å². The van der Waals surface area contributed by atoms with Crippen LogP contribution >= 0.6 is 11.8 Å². The van der Waals surface area contributed by atoms with Crippen molar-refractivity contribution in [3.8, 4) is 0 Å². The molecule has 9 heteroatoms. The van der Waals surface area contributed by atoms with Crippen LogP contribution in [0.5, 0.6) is 0 Å². The summed E-state index contributed by atoms with van der Waals surface area (Å²) in [6.07, 6.45) is 0. The van der Waals surface area contributed by atoms with Crippen LogP contribution in [0.15, 0.2) is 58.3 Å². The lowest BCUT2D eigenvalue weighted by Gasteiger charge is -2.26. The van der Waals surface area contributed by atoms with Gasteiger partial charge >= 0.3 is 0 Å². The Kier molecular flexibility index (Phi) is 7.06. The highest BCUT2D eigenvalue weighted by atomic mass is 32.2. The summed E-state index contributed by atoms with van der Waals surface area (Å²) < 4.78 is 44.6. The summed E-state index contributed by atoms with van der Waals surface area (Å²) in [5, 5.41) is 2.79. The summed E-state index contributed by atoms with van der Waals surface area (Å²) >= 11 is 1.32. The van der Waals surface area contributed by atoms with Crippen molar-refractivity contribution < 1.29 is 22.3 Å². The number of rotatable bonds is 7. The van der Waals surface area contributed by atoms with Crippen molar-refractivity contribution in [1.29, 1.82) is 0 Å². The van der Waals surface area contributed by atoms with E-state index in [-0.39, 0.29) is 22.4 Å². The Morgan fingerprint density at radius 2 is 1.71 bits per heavy atom. The van der Waals surface area contributed by atoms with Crippen LogP contribution in [0.1, 0.15) is 5.56 Å². The van der Waals surface area contributed by atoms with Gasteiger partial charge in [0, 0.05) is 24.5 Å². The minimum atomic E-state index is -3.52. The number of amides is 1. The van der Waals surface area contributed by atoms with Gasteiger partial charge in [-0.05, 0) is 42.0 Å². The molecule has 0 saturated carbocycles. The predicted molar refractivity (Wildman–Crippen MR) is 105 cm³/mol. The van der Waals surface area contributed by atoms with Crippen LogP contribution in [0.4, 0.5) is 4.39 Å². The average Bonchev–Trinajstić information content (AvgIpc) is 2.73. The van der Waals surface area contributed by atoms with Crippen LogP contribution in [0.3, 0.4) is 0 Å². The van der Waals surface area contributed by atoms with Gasteiger partial charge < -0.3 is 10.1 Å². The molecule has 3 rings (SSSR count). The minimum Gasteiger partial charge on any atom is -0.379 e. The highest BCUT2D eigenvalue weighted by Gasteiger charge is 2.26. The maximum Gasteiger partial charge on any atom is 0.243 e. The first-order chi connectivity index (χ1) is 13.4. The quantitative estimate of drug-likeness (QED) is 0.690. The zero-order valence-electron chi connectivity index (χ0n) is 15.1. The molecule has 0 bridgehead atoms. The van der Waals surface area contributed by atoms with Crippen molar-refractivity contribution in [1.82, 2.24) is 9.62 Å². The summed E-state index contributed by atoms with van der Waals surface area (Å²) in [6, 6.07) is 12.5. The first kappa shape index (κ1) is 20.8. The maximum absolute atomic E-state index is 12.9. The lowest BCUT2D eigenvalue weighted by Crippen LogP contribution is -2.40. The number of sulfonamides is 1. The lowest BCUT2D eigenvalue weighted by atomic mass is 10.2. The molecule has 2 aromatic carbocycles. The van der Waals surface area contributed by atoms with Gasteiger partial charge in [-0.1, -0.05) is 12.1 Å². The summed E-state index contributed by atoms with van der Waals surface area (Å²) in [6.45, 7) is 1.82. The molecule has 28 heavy (non-hydrogen) atoms. The summed E-state index contributed by atoms with van der Waals surface area (Å²) in [4.78, 5) is 13.0. The van der Waals surface area contributed by atoms with Crippen LogP contribution < -0.4 is 5.32 Å². The van der Waals surface area contributed by atoms with E-state index in [1.165, 1.54) is 28.2 Å². The molecule has 1 aliphatic heterocycles. The molecule has 1 fully saturated rings. The number of carbonyl (C=O) groups excluding carboxylic acids is 1. The molecule has 150 valence electrons. The van der Waals surface area contributed by atoms with Gasteiger partial charge in [0.1, 0.15) is 5.82 Å². The van der Waals surface area contributed by atoms with E-state index >= 15 is 0 Å². The van der Waals surface area contributed by atoms with Crippen LogP contribution in [-0.2, 0) is 26.1 Å². The topological polar surface area (TPSA) is 75.7 Å². The number of ether oxygens (including phenoxy) is 1. The van der Waals surface area contributed by atoms with Crippen LogP contribution in [-0.4, -0.2) is 50.7 Å². The molecule has 6 nitrogen and oxygen atoms in total. The van der Waals surface area contributed by atoms with Gasteiger partial charge in [-0.2, -0.15) is 4.31 Å². The molecule has 0 aromatic heterocycles. The third-order valence-electron chi connectivity index (χ3n) is 4.20. The fourth-order valence-corrected chi connectivity index (χ4v) is 4.78. The number of thioether (sulfide) groups is 1. The summed E-state index contributed by atoms with van der Waals surface area (Å²) in [5.41, 5.74) is 0.807. The van der Waals surface area contributed by atoms with Crippen molar-refractivity contribution in [2.45, 2.75) is 16.3 Å². The van der Waals surface area contributed by atoms with Crippen molar-refractivity contribution in [3.05, 3.63) is 59.9 Å².